The minimum Gasteiger partial charge on any atom is -0.379 e. The van der Waals surface area contributed by atoms with Gasteiger partial charge in [0.1, 0.15) is 11.9 Å². The van der Waals surface area contributed by atoms with Crippen molar-refractivity contribution in [2.75, 3.05) is 20.2 Å². The van der Waals surface area contributed by atoms with Gasteiger partial charge in [0.15, 0.2) is 0 Å². The summed E-state index contributed by atoms with van der Waals surface area (Å²) in [5.74, 6) is -0.992. The number of benzene rings is 1. The summed E-state index contributed by atoms with van der Waals surface area (Å²) >= 11 is 0. The Kier molecular flexibility index (Phi) is 4.04. The quantitative estimate of drug-likeness (QED) is 0.914. The van der Waals surface area contributed by atoms with Crippen LogP contribution in [0, 0.1) is 17.1 Å². The summed E-state index contributed by atoms with van der Waals surface area (Å²) in [5.41, 5.74) is 0.856. The standard InChI is InChI=1S/C15H14FN5O2/c1-23-14-8-21(7-11(14)13-6-18-20-19-13)15(22)9-2-3-12(16)10(4-9)5-17/h2-4,6,11,14H,7-8H2,1H3,(H,18,19,20)/t11-,14+/m0/s1. The third kappa shape index (κ3) is 2.78. The topological polar surface area (TPSA) is 94.9 Å². The average Bonchev–Trinajstić information content (AvgIpc) is 3.23. The molecule has 1 aliphatic heterocycles. The summed E-state index contributed by atoms with van der Waals surface area (Å²) in [7, 11) is 1.58. The van der Waals surface area contributed by atoms with Gasteiger partial charge in [-0.15, -0.1) is 0 Å². The van der Waals surface area contributed by atoms with Crippen LogP contribution in [-0.4, -0.2) is 52.5 Å². The molecule has 0 bridgehead atoms. The van der Waals surface area contributed by atoms with Gasteiger partial charge in [-0.2, -0.15) is 20.7 Å². The molecule has 1 N–H and O–H groups in total. The van der Waals surface area contributed by atoms with Crippen LogP contribution in [0.1, 0.15) is 27.5 Å². The number of aromatic nitrogens is 3. The van der Waals surface area contributed by atoms with Crippen molar-refractivity contribution in [3.05, 3.63) is 47.0 Å². The summed E-state index contributed by atoms with van der Waals surface area (Å²) in [6.07, 6.45) is 1.41. The van der Waals surface area contributed by atoms with Crippen molar-refractivity contribution in [1.82, 2.24) is 20.3 Å². The zero-order chi connectivity index (χ0) is 16.4. The van der Waals surface area contributed by atoms with Crippen molar-refractivity contribution >= 4 is 5.91 Å². The Morgan fingerprint density at radius 1 is 1.52 bits per heavy atom. The molecule has 7 nitrogen and oxygen atoms in total. The first-order valence-corrected chi connectivity index (χ1v) is 7.01. The number of methoxy groups -OCH3 is 1. The van der Waals surface area contributed by atoms with Crippen molar-refractivity contribution in [1.29, 1.82) is 5.26 Å². The Labute approximate surface area is 131 Å². The summed E-state index contributed by atoms with van der Waals surface area (Å²) in [4.78, 5) is 14.2. The van der Waals surface area contributed by atoms with Crippen LogP contribution in [0.4, 0.5) is 4.39 Å². The molecule has 1 aliphatic rings. The predicted octanol–water partition coefficient (Wildman–Crippen LogP) is 1.07. The summed E-state index contributed by atoms with van der Waals surface area (Å²) < 4.78 is 18.8. The number of hydrogen-bond acceptors (Lipinski definition) is 5. The molecule has 23 heavy (non-hydrogen) atoms. The highest BCUT2D eigenvalue weighted by atomic mass is 19.1. The smallest absolute Gasteiger partial charge is 0.254 e. The molecule has 8 heteroatoms. The fourth-order valence-corrected chi connectivity index (χ4v) is 2.78. The molecule has 3 rings (SSSR count). The Balaban J connectivity index is 1.82. The van der Waals surface area contributed by atoms with Crippen molar-refractivity contribution in [3.8, 4) is 6.07 Å². The minimum atomic E-state index is -0.638. The van der Waals surface area contributed by atoms with Crippen LogP contribution in [0.5, 0.6) is 0 Å². The van der Waals surface area contributed by atoms with Gasteiger partial charge in [0.05, 0.1) is 29.5 Å². The first-order chi connectivity index (χ1) is 11.1. The average molecular weight is 315 g/mol. The maximum atomic E-state index is 13.4. The van der Waals surface area contributed by atoms with Gasteiger partial charge < -0.3 is 9.64 Å². The molecule has 1 fully saturated rings. The molecular formula is C15H14FN5O2. The van der Waals surface area contributed by atoms with Crippen molar-refractivity contribution in [2.24, 2.45) is 0 Å². The molecular weight excluding hydrogens is 301 g/mol. The van der Waals surface area contributed by atoms with Crippen LogP contribution in [0.15, 0.2) is 24.4 Å². The zero-order valence-electron chi connectivity index (χ0n) is 12.4. The minimum absolute atomic E-state index is 0.0846. The molecule has 0 spiro atoms. The lowest BCUT2D eigenvalue weighted by atomic mass is 10.0. The molecule has 1 aromatic heterocycles. The highest BCUT2D eigenvalue weighted by Gasteiger charge is 2.38. The molecule has 1 amide bonds. The summed E-state index contributed by atoms with van der Waals surface area (Å²) in [5, 5.41) is 19.3. The van der Waals surface area contributed by atoms with Gasteiger partial charge in [-0.1, -0.05) is 0 Å². The number of nitriles is 1. The number of H-pyrrole nitrogens is 1. The first kappa shape index (κ1) is 15.1. The summed E-state index contributed by atoms with van der Waals surface area (Å²) in [6.45, 7) is 0.815. The molecule has 0 saturated carbocycles. The molecule has 2 atom stereocenters. The molecule has 1 aromatic carbocycles. The van der Waals surface area contributed by atoms with E-state index in [4.69, 9.17) is 10.00 Å². The number of likely N-dealkylation sites (tertiary alicyclic amines) is 1. The number of ether oxygens (including phenoxy) is 1. The van der Waals surface area contributed by atoms with Gasteiger partial charge in [-0.3, -0.25) is 4.79 Å². The van der Waals surface area contributed by atoms with Gasteiger partial charge >= 0.3 is 0 Å². The van der Waals surface area contributed by atoms with E-state index in [0.717, 1.165) is 11.8 Å². The van der Waals surface area contributed by atoms with E-state index in [1.54, 1.807) is 24.3 Å². The number of halogens is 1. The van der Waals surface area contributed by atoms with Crippen molar-refractivity contribution < 1.29 is 13.9 Å². The van der Waals surface area contributed by atoms with E-state index in [9.17, 15) is 9.18 Å². The monoisotopic (exact) mass is 315 g/mol. The number of nitrogens with zero attached hydrogens (tertiary/aromatic N) is 4. The molecule has 0 unspecified atom stereocenters. The van der Waals surface area contributed by atoms with E-state index < -0.39 is 5.82 Å². The molecule has 118 valence electrons. The first-order valence-electron chi connectivity index (χ1n) is 7.01. The van der Waals surface area contributed by atoms with E-state index in [-0.39, 0.29) is 29.1 Å². The third-order valence-corrected chi connectivity index (χ3v) is 4.00. The number of amides is 1. The van der Waals surface area contributed by atoms with Crippen LogP contribution in [0.25, 0.3) is 0 Å². The maximum Gasteiger partial charge on any atom is 0.254 e. The molecule has 2 heterocycles. The lowest BCUT2D eigenvalue weighted by molar-refractivity contribution is 0.0714. The van der Waals surface area contributed by atoms with E-state index in [1.165, 1.54) is 12.1 Å². The van der Waals surface area contributed by atoms with E-state index in [1.807, 2.05) is 0 Å². The van der Waals surface area contributed by atoms with E-state index in [0.29, 0.717) is 13.1 Å². The van der Waals surface area contributed by atoms with Crippen LogP contribution >= 0.6 is 0 Å². The Hall–Kier alpha value is -2.79. The third-order valence-electron chi connectivity index (χ3n) is 4.00. The fraction of sp³-hybridized carbons (Fsp3) is 0.333. The van der Waals surface area contributed by atoms with Gasteiger partial charge in [0.25, 0.3) is 5.91 Å². The number of nitrogens with one attached hydrogen (secondary N) is 1. The van der Waals surface area contributed by atoms with Gasteiger partial charge in [0.2, 0.25) is 0 Å². The number of aromatic amines is 1. The van der Waals surface area contributed by atoms with Gasteiger partial charge in [-0.25, -0.2) is 4.39 Å². The van der Waals surface area contributed by atoms with Crippen LogP contribution in [-0.2, 0) is 4.74 Å². The molecule has 2 aromatic rings. The second kappa shape index (κ2) is 6.14. The normalized spacial score (nSPS) is 20.5. The van der Waals surface area contributed by atoms with Gasteiger partial charge in [-0.05, 0) is 18.2 Å². The van der Waals surface area contributed by atoms with E-state index in [2.05, 4.69) is 15.4 Å². The lowest BCUT2D eigenvalue weighted by Gasteiger charge is -2.16. The number of carbonyl (C=O) groups excluding carboxylic acids is 1. The highest BCUT2D eigenvalue weighted by Crippen LogP contribution is 2.29. The summed E-state index contributed by atoms with van der Waals surface area (Å²) in [6, 6.07) is 5.51. The number of hydrogen-bond donors (Lipinski definition) is 1. The molecule has 0 radical (unpaired) electrons. The molecule has 1 saturated heterocycles. The zero-order valence-corrected chi connectivity index (χ0v) is 12.4. The van der Waals surface area contributed by atoms with Crippen LogP contribution in [0.3, 0.4) is 0 Å². The largest absolute Gasteiger partial charge is 0.379 e. The number of carbonyl (C=O) groups is 1. The fourth-order valence-electron chi connectivity index (χ4n) is 2.78. The maximum absolute atomic E-state index is 13.4. The van der Waals surface area contributed by atoms with E-state index >= 15 is 0 Å². The van der Waals surface area contributed by atoms with Crippen LogP contribution < -0.4 is 0 Å². The second-order valence-electron chi connectivity index (χ2n) is 5.29. The van der Waals surface area contributed by atoms with Crippen molar-refractivity contribution in [2.45, 2.75) is 12.0 Å². The molecule has 0 aliphatic carbocycles. The second-order valence-corrected chi connectivity index (χ2v) is 5.29. The Morgan fingerprint density at radius 2 is 2.35 bits per heavy atom. The SMILES string of the molecule is CO[C@@H]1CN(C(=O)c2ccc(F)c(C#N)c2)C[C@H]1c1cn[nH]n1. The Bertz CT molecular complexity index is 756. The number of rotatable bonds is 3. The predicted molar refractivity (Wildman–Crippen MR) is 76.9 cm³/mol. The van der Waals surface area contributed by atoms with Crippen molar-refractivity contribution in [3.63, 3.8) is 0 Å². The van der Waals surface area contributed by atoms with Crippen LogP contribution in [0.2, 0.25) is 0 Å². The highest BCUT2D eigenvalue weighted by molar-refractivity contribution is 5.94. The van der Waals surface area contributed by atoms with Gasteiger partial charge in [0, 0.05) is 25.8 Å². The Morgan fingerprint density at radius 3 is 3.00 bits per heavy atom. The lowest BCUT2D eigenvalue weighted by Crippen LogP contribution is -2.30.